The third kappa shape index (κ3) is 5.27. The van der Waals surface area contributed by atoms with Crippen LogP contribution in [0.1, 0.15) is 6.42 Å². The van der Waals surface area contributed by atoms with Gasteiger partial charge in [0, 0.05) is 0 Å². The summed E-state index contributed by atoms with van der Waals surface area (Å²) in [5.41, 5.74) is -2.61. The van der Waals surface area contributed by atoms with Gasteiger partial charge in [-0.15, -0.1) is 0 Å². The zero-order chi connectivity index (χ0) is 14.9. The van der Waals surface area contributed by atoms with Crippen molar-refractivity contribution in [2.45, 2.75) is 17.5 Å². The largest absolute Gasteiger partial charge is 0.481 e. The van der Waals surface area contributed by atoms with Crippen molar-refractivity contribution in [3.05, 3.63) is 0 Å². The van der Waals surface area contributed by atoms with Crippen molar-refractivity contribution in [1.29, 1.82) is 0 Å². The van der Waals surface area contributed by atoms with Crippen molar-refractivity contribution >= 4 is 28.8 Å². The number of hydrogen-bond acceptors (Lipinski definition) is 4. The number of carboxylic acid groups (broad SMARTS) is 1. The molecule has 0 aromatic heterocycles. The highest BCUT2D eigenvalue weighted by molar-refractivity contribution is 7.71. The van der Waals surface area contributed by atoms with Crippen LogP contribution in [0.5, 0.6) is 0 Å². The summed E-state index contributed by atoms with van der Waals surface area (Å²) in [6.07, 6.45) is -1.55. The summed E-state index contributed by atoms with van der Waals surface area (Å²) in [7, 11) is -16.2. The quantitative estimate of drug-likeness (QED) is 0.284. The van der Waals surface area contributed by atoms with Gasteiger partial charge in [0.2, 0.25) is 0 Å². The van der Waals surface area contributed by atoms with E-state index >= 15 is 0 Å². The van der Waals surface area contributed by atoms with E-state index < -0.39 is 46.2 Å². The molecule has 0 amide bonds. The van der Waals surface area contributed by atoms with Crippen LogP contribution < -0.4 is 0 Å². The Labute approximate surface area is 99.9 Å². The van der Waals surface area contributed by atoms with Gasteiger partial charge in [-0.1, -0.05) is 0 Å². The van der Waals surface area contributed by atoms with Gasteiger partial charge < -0.3 is 34.5 Å². The fourth-order valence-corrected chi connectivity index (χ4v) is 4.70. The summed E-state index contributed by atoms with van der Waals surface area (Å²) in [5.74, 6) is -2.12. The van der Waals surface area contributed by atoms with Gasteiger partial charge in [-0.25, -0.2) is 0 Å². The number of hydrogen-bond donors (Lipinski definition) is 7. The summed E-state index contributed by atoms with van der Waals surface area (Å²) in [5, 5.41) is 5.71. The van der Waals surface area contributed by atoms with Gasteiger partial charge >= 0.3 is 28.8 Å². The average Bonchev–Trinajstić information content (AvgIpc) is 1.94. The third-order valence-corrected chi connectivity index (χ3v) is 6.93. The minimum Gasteiger partial charge on any atom is -0.481 e. The zero-order valence-corrected chi connectivity index (χ0v) is 11.2. The Hall–Kier alpha value is -0.0800. The third-order valence-electron chi connectivity index (χ3n) is 1.90. The van der Waals surface area contributed by atoms with Crippen LogP contribution >= 0.6 is 22.8 Å². The zero-order valence-electron chi connectivity index (χ0n) is 8.47. The van der Waals surface area contributed by atoms with Crippen LogP contribution in [0.2, 0.25) is 0 Å². The number of aliphatic carboxylic acids is 1. The minimum absolute atomic E-state index is 1.55. The second-order valence-electron chi connectivity index (χ2n) is 3.34. The van der Waals surface area contributed by atoms with Crippen molar-refractivity contribution in [3.63, 3.8) is 0 Å². The molecule has 0 aliphatic heterocycles. The Morgan fingerprint density at radius 2 is 1.17 bits per heavy atom. The first kappa shape index (κ1) is 17.9. The predicted octanol–water partition coefficient (Wildman–Crippen LogP) is -1.31. The maximum atomic E-state index is 10.8. The van der Waals surface area contributed by atoms with Gasteiger partial charge in [0.1, 0.15) is 0 Å². The van der Waals surface area contributed by atoms with Crippen LogP contribution in [0, 0.1) is 0 Å². The molecule has 0 heterocycles. The van der Waals surface area contributed by atoms with Gasteiger partial charge in [-0.2, -0.15) is 0 Å². The van der Waals surface area contributed by atoms with Gasteiger partial charge in [0.25, 0.3) is 0 Å². The summed E-state index contributed by atoms with van der Waals surface area (Å²) < 4.78 is 32.4. The molecule has 1 atom stereocenters. The molecule has 1 unspecified atom stereocenters. The molecule has 0 saturated carbocycles. The van der Waals surface area contributed by atoms with Crippen molar-refractivity contribution in [3.8, 4) is 0 Å². The van der Waals surface area contributed by atoms with Gasteiger partial charge in [-0.05, 0) is 6.42 Å². The normalized spacial score (nSPS) is 15.7. The Balaban J connectivity index is 5.47. The molecule has 0 aromatic rings. The standard InChI is InChI=1S/C4H11O11P3/c5-4(6)2(16(7,8)9)1-3(17(10,11)12)18(13,14)15/h2-3H,1H2,(H,5,6)(H2,7,8,9)(H2,10,11,12)(H2,13,14,15). The van der Waals surface area contributed by atoms with E-state index in [0.717, 1.165) is 0 Å². The minimum atomic E-state index is -5.43. The Morgan fingerprint density at radius 1 is 0.833 bits per heavy atom. The Kier molecular flexibility index (Phi) is 5.48. The molecule has 14 heteroatoms. The van der Waals surface area contributed by atoms with E-state index in [0.29, 0.717) is 0 Å². The smallest absolute Gasteiger partial charge is 0.340 e. The first-order valence-corrected chi connectivity index (χ1v) is 9.10. The summed E-state index contributed by atoms with van der Waals surface area (Å²) in [6.45, 7) is 0. The molecule has 18 heavy (non-hydrogen) atoms. The van der Waals surface area contributed by atoms with E-state index in [4.69, 9.17) is 34.5 Å². The lowest BCUT2D eigenvalue weighted by atomic mass is 10.3. The Bertz CT molecular complexity index is 429. The van der Waals surface area contributed by atoms with Gasteiger partial charge in [0.15, 0.2) is 11.1 Å². The number of carboxylic acids is 1. The molecule has 0 fully saturated rings. The molecule has 11 nitrogen and oxygen atoms in total. The van der Waals surface area contributed by atoms with Crippen LogP contribution in [0.25, 0.3) is 0 Å². The summed E-state index contributed by atoms with van der Waals surface area (Å²) in [6, 6.07) is 0. The lowest BCUT2D eigenvalue weighted by Crippen LogP contribution is -2.26. The number of rotatable bonds is 6. The predicted molar refractivity (Wildman–Crippen MR) is 56.0 cm³/mol. The van der Waals surface area contributed by atoms with Crippen LogP contribution in [0.3, 0.4) is 0 Å². The van der Waals surface area contributed by atoms with Crippen molar-refractivity contribution in [2.24, 2.45) is 0 Å². The SMILES string of the molecule is O=C(O)C(CC(P(=O)(O)O)P(=O)(O)O)P(=O)(O)O. The van der Waals surface area contributed by atoms with Gasteiger partial charge in [-0.3, -0.25) is 18.5 Å². The second-order valence-corrected chi connectivity index (χ2v) is 9.15. The maximum Gasteiger partial charge on any atom is 0.340 e. The van der Waals surface area contributed by atoms with E-state index in [-0.39, 0.29) is 0 Å². The molecule has 7 N–H and O–H groups in total. The molecule has 0 bridgehead atoms. The highest BCUT2D eigenvalue weighted by Gasteiger charge is 2.49. The van der Waals surface area contributed by atoms with Crippen molar-refractivity contribution in [1.82, 2.24) is 0 Å². The summed E-state index contributed by atoms with van der Waals surface area (Å²) in [4.78, 5) is 62.6. The first-order chi connectivity index (χ1) is 7.67. The lowest BCUT2D eigenvalue weighted by molar-refractivity contribution is -0.136. The second kappa shape index (κ2) is 5.50. The molecule has 0 spiro atoms. The van der Waals surface area contributed by atoms with E-state index in [2.05, 4.69) is 0 Å². The average molecular weight is 328 g/mol. The molecule has 0 rings (SSSR count). The van der Waals surface area contributed by atoms with E-state index in [1.807, 2.05) is 0 Å². The van der Waals surface area contributed by atoms with Crippen LogP contribution in [0.4, 0.5) is 0 Å². The highest BCUT2D eigenvalue weighted by Crippen LogP contribution is 2.63. The first-order valence-electron chi connectivity index (χ1n) is 4.06. The fraction of sp³-hybridized carbons (Fsp3) is 0.750. The van der Waals surface area contributed by atoms with Crippen LogP contribution in [-0.4, -0.2) is 51.5 Å². The molecule has 0 saturated heterocycles. The van der Waals surface area contributed by atoms with Crippen LogP contribution in [-0.2, 0) is 18.5 Å². The molecule has 0 aliphatic rings. The van der Waals surface area contributed by atoms with E-state index in [1.165, 1.54) is 0 Å². The highest BCUT2D eigenvalue weighted by atomic mass is 31.2. The van der Waals surface area contributed by atoms with Gasteiger partial charge in [0.05, 0.1) is 0 Å². The fourth-order valence-electron chi connectivity index (χ4n) is 1.05. The van der Waals surface area contributed by atoms with Crippen molar-refractivity contribution < 1.29 is 53.0 Å². The Morgan fingerprint density at radius 3 is 1.33 bits per heavy atom. The number of carbonyl (C=O) groups is 1. The molecular weight excluding hydrogens is 317 g/mol. The summed E-state index contributed by atoms with van der Waals surface area (Å²) >= 11 is 0. The van der Waals surface area contributed by atoms with Crippen LogP contribution in [0.15, 0.2) is 0 Å². The molecule has 0 radical (unpaired) electrons. The monoisotopic (exact) mass is 328 g/mol. The lowest BCUT2D eigenvalue weighted by Gasteiger charge is -2.23. The topological polar surface area (TPSA) is 210 Å². The van der Waals surface area contributed by atoms with E-state index in [9.17, 15) is 18.5 Å². The maximum absolute atomic E-state index is 10.8. The molecule has 0 aromatic carbocycles. The van der Waals surface area contributed by atoms with Crippen molar-refractivity contribution in [2.75, 3.05) is 0 Å². The van der Waals surface area contributed by atoms with E-state index in [1.54, 1.807) is 0 Å². The molecular formula is C4H11O11P3. The molecule has 0 aliphatic carbocycles. The molecule has 108 valence electrons.